The van der Waals surface area contributed by atoms with Gasteiger partial charge in [0.2, 0.25) is 10.0 Å². The summed E-state index contributed by atoms with van der Waals surface area (Å²) in [5.74, 6) is -1.30. The molecule has 0 bridgehead atoms. The normalized spacial score (nSPS) is 12.0. The van der Waals surface area contributed by atoms with Gasteiger partial charge in [-0.15, -0.1) is 0 Å². The predicted molar refractivity (Wildman–Crippen MR) is 81.4 cm³/mol. The number of aryl methyl sites for hydroxylation is 1. The SMILES string of the molecule is CC(C)CCS(=O)(=O)NC(=O)c1nn(C)c2ccc(F)cc12. The summed E-state index contributed by atoms with van der Waals surface area (Å²) in [6.07, 6.45) is 0.445. The predicted octanol–water partition coefficient (Wildman–Crippen LogP) is 1.82. The second-order valence-electron chi connectivity index (χ2n) is 5.57. The minimum atomic E-state index is -3.74. The minimum Gasteiger partial charge on any atom is -0.267 e. The molecule has 0 atom stereocenters. The number of nitrogens with one attached hydrogen (secondary N) is 1. The van der Waals surface area contributed by atoms with Gasteiger partial charge >= 0.3 is 0 Å². The molecule has 0 spiro atoms. The number of benzene rings is 1. The molecule has 1 heterocycles. The lowest BCUT2D eigenvalue weighted by Gasteiger charge is -2.07. The largest absolute Gasteiger partial charge is 0.285 e. The molecule has 0 radical (unpaired) electrons. The molecule has 1 amide bonds. The molecule has 8 heteroatoms. The lowest BCUT2D eigenvalue weighted by atomic mass is 10.2. The molecule has 120 valence electrons. The number of aromatic nitrogens is 2. The smallest absolute Gasteiger partial charge is 0.267 e. The molecule has 0 saturated heterocycles. The monoisotopic (exact) mass is 327 g/mol. The van der Waals surface area contributed by atoms with E-state index in [0.29, 0.717) is 11.9 Å². The van der Waals surface area contributed by atoms with Gasteiger partial charge in [0, 0.05) is 12.4 Å². The molecule has 0 aliphatic carbocycles. The average Bonchev–Trinajstić information content (AvgIpc) is 2.73. The first kappa shape index (κ1) is 16.4. The zero-order valence-corrected chi connectivity index (χ0v) is 13.4. The van der Waals surface area contributed by atoms with Crippen LogP contribution in [0.25, 0.3) is 10.9 Å². The topological polar surface area (TPSA) is 81.1 Å². The number of fused-ring (bicyclic) bond motifs is 1. The molecule has 0 aliphatic rings. The number of sulfonamides is 1. The van der Waals surface area contributed by atoms with Crippen LogP contribution in [0, 0.1) is 11.7 Å². The molecule has 2 aromatic rings. The Morgan fingerprint density at radius 3 is 2.73 bits per heavy atom. The Balaban J connectivity index is 2.29. The van der Waals surface area contributed by atoms with Gasteiger partial charge < -0.3 is 0 Å². The van der Waals surface area contributed by atoms with Gasteiger partial charge in [-0.3, -0.25) is 9.48 Å². The van der Waals surface area contributed by atoms with Crippen LogP contribution in [0.15, 0.2) is 18.2 Å². The molecule has 0 aliphatic heterocycles. The summed E-state index contributed by atoms with van der Waals surface area (Å²) in [6.45, 7) is 3.79. The maximum atomic E-state index is 13.3. The first-order valence-electron chi connectivity index (χ1n) is 6.86. The first-order chi connectivity index (χ1) is 10.2. The van der Waals surface area contributed by atoms with Crippen molar-refractivity contribution in [1.29, 1.82) is 0 Å². The van der Waals surface area contributed by atoms with E-state index in [0.717, 1.165) is 6.07 Å². The number of hydrogen-bond donors (Lipinski definition) is 1. The van der Waals surface area contributed by atoms with Crippen molar-refractivity contribution in [3.8, 4) is 0 Å². The molecule has 0 unspecified atom stereocenters. The van der Waals surface area contributed by atoms with E-state index in [9.17, 15) is 17.6 Å². The molecule has 1 aromatic heterocycles. The highest BCUT2D eigenvalue weighted by Crippen LogP contribution is 2.19. The number of rotatable bonds is 5. The fourth-order valence-electron chi connectivity index (χ4n) is 2.04. The lowest BCUT2D eigenvalue weighted by molar-refractivity contribution is 0.0977. The third-order valence-corrected chi connectivity index (χ3v) is 4.51. The molecule has 1 N–H and O–H groups in total. The van der Waals surface area contributed by atoms with Crippen molar-refractivity contribution in [1.82, 2.24) is 14.5 Å². The maximum Gasteiger partial charge on any atom is 0.285 e. The van der Waals surface area contributed by atoms with Crippen LogP contribution in [0.1, 0.15) is 30.8 Å². The van der Waals surface area contributed by atoms with Crippen LogP contribution in [0.2, 0.25) is 0 Å². The highest BCUT2D eigenvalue weighted by molar-refractivity contribution is 7.90. The van der Waals surface area contributed by atoms with Gasteiger partial charge in [0.05, 0.1) is 11.3 Å². The molecule has 0 saturated carbocycles. The van der Waals surface area contributed by atoms with Crippen molar-refractivity contribution in [2.24, 2.45) is 13.0 Å². The number of nitrogens with zero attached hydrogens (tertiary/aromatic N) is 2. The van der Waals surface area contributed by atoms with Gasteiger partial charge in [-0.25, -0.2) is 17.5 Å². The van der Waals surface area contributed by atoms with Gasteiger partial charge in [0.1, 0.15) is 5.82 Å². The van der Waals surface area contributed by atoms with E-state index in [1.54, 1.807) is 7.05 Å². The molecule has 1 aromatic carbocycles. The average molecular weight is 327 g/mol. The van der Waals surface area contributed by atoms with Crippen LogP contribution < -0.4 is 4.72 Å². The van der Waals surface area contributed by atoms with Crippen molar-refractivity contribution in [3.05, 3.63) is 29.7 Å². The summed E-state index contributed by atoms with van der Waals surface area (Å²) in [6, 6.07) is 3.91. The first-order valence-corrected chi connectivity index (χ1v) is 8.52. The van der Waals surface area contributed by atoms with Gasteiger partial charge in [-0.2, -0.15) is 5.10 Å². The molecular formula is C14H18FN3O3S. The second kappa shape index (κ2) is 6.04. The minimum absolute atomic E-state index is 0.106. The van der Waals surface area contributed by atoms with Crippen LogP contribution in [-0.2, 0) is 17.1 Å². The van der Waals surface area contributed by atoms with Crippen LogP contribution >= 0.6 is 0 Å². The number of carbonyl (C=O) groups excluding carboxylic acids is 1. The van der Waals surface area contributed by atoms with Crippen LogP contribution in [0.3, 0.4) is 0 Å². The van der Waals surface area contributed by atoms with E-state index in [4.69, 9.17) is 0 Å². The van der Waals surface area contributed by atoms with Gasteiger partial charge in [-0.1, -0.05) is 13.8 Å². The summed E-state index contributed by atoms with van der Waals surface area (Å²) in [7, 11) is -2.13. The number of hydrogen-bond acceptors (Lipinski definition) is 4. The van der Waals surface area contributed by atoms with E-state index in [1.807, 2.05) is 18.6 Å². The van der Waals surface area contributed by atoms with E-state index in [-0.39, 0.29) is 22.8 Å². The Kier molecular flexibility index (Phi) is 4.50. The Morgan fingerprint density at radius 2 is 2.09 bits per heavy atom. The Bertz CT molecular complexity index is 812. The molecule has 2 rings (SSSR count). The van der Waals surface area contributed by atoms with Crippen molar-refractivity contribution in [2.75, 3.05) is 5.75 Å². The fourth-order valence-corrected chi connectivity index (χ4v) is 3.30. The molecule has 0 fully saturated rings. The fraction of sp³-hybridized carbons (Fsp3) is 0.429. The highest BCUT2D eigenvalue weighted by Gasteiger charge is 2.21. The van der Waals surface area contributed by atoms with E-state index >= 15 is 0 Å². The van der Waals surface area contributed by atoms with Gasteiger partial charge in [0.15, 0.2) is 5.69 Å². The third-order valence-electron chi connectivity index (χ3n) is 3.24. The summed E-state index contributed by atoms with van der Waals surface area (Å²) in [4.78, 5) is 12.2. The zero-order chi connectivity index (χ0) is 16.5. The lowest BCUT2D eigenvalue weighted by Crippen LogP contribution is -2.33. The van der Waals surface area contributed by atoms with Crippen molar-refractivity contribution in [3.63, 3.8) is 0 Å². The van der Waals surface area contributed by atoms with E-state index in [2.05, 4.69) is 5.10 Å². The van der Waals surface area contributed by atoms with Gasteiger partial charge in [0.25, 0.3) is 5.91 Å². The third kappa shape index (κ3) is 3.62. The van der Waals surface area contributed by atoms with Crippen molar-refractivity contribution < 1.29 is 17.6 Å². The number of halogens is 1. The highest BCUT2D eigenvalue weighted by atomic mass is 32.2. The summed E-state index contributed by atoms with van der Waals surface area (Å²) in [5.41, 5.74) is 0.441. The molecule has 6 nitrogen and oxygen atoms in total. The van der Waals surface area contributed by atoms with Gasteiger partial charge in [-0.05, 0) is 30.5 Å². The van der Waals surface area contributed by atoms with Crippen molar-refractivity contribution in [2.45, 2.75) is 20.3 Å². The summed E-state index contributed by atoms with van der Waals surface area (Å²) >= 11 is 0. The quantitative estimate of drug-likeness (QED) is 0.908. The molecule has 22 heavy (non-hydrogen) atoms. The maximum absolute atomic E-state index is 13.3. The van der Waals surface area contributed by atoms with Crippen LogP contribution in [0.5, 0.6) is 0 Å². The Labute approximate surface area is 128 Å². The Hall–Kier alpha value is -1.96. The van der Waals surface area contributed by atoms with E-state index in [1.165, 1.54) is 16.8 Å². The second-order valence-corrected chi connectivity index (χ2v) is 7.41. The van der Waals surface area contributed by atoms with Crippen LogP contribution in [0.4, 0.5) is 4.39 Å². The van der Waals surface area contributed by atoms with E-state index < -0.39 is 21.7 Å². The van der Waals surface area contributed by atoms with Crippen LogP contribution in [-0.4, -0.2) is 29.9 Å². The zero-order valence-electron chi connectivity index (χ0n) is 12.6. The summed E-state index contributed by atoms with van der Waals surface area (Å²) < 4.78 is 40.5. The summed E-state index contributed by atoms with van der Waals surface area (Å²) in [5, 5.41) is 4.26. The number of amides is 1. The molecular weight excluding hydrogens is 309 g/mol. The Morgan fingerprint density at radius 1 is 1.41 bits per heavy atom. The standard InChI is InChI=1S/C14H18FN3O3S/c1-9(2)6-7-22(20,21)17-14(19)13-11-8-10(15)4-5-12(11)18(3)16-13/h4-5,8-9H,6-7H2,1-3H3,(H,17,19). The van der Waals surface area contributed by atoms with Crippen molar-refractivity contribution >= 4 is 26.8 Å². The number of carbonyl (C=O) groups is 1.